The Morgan fingerprint density at radius 2 is 2.03 bits per heavy atom. The van der Waals surface area contributed by atoms with E-state index in [1.165, 1.54) is 4.90 Å². The molecule has 11 nitrogen and oxygen atoms in total. The first-order valence-electron chi connectivity index (χ1n) is 11.6. The molecule has 0 radical (unpaired) electrons. The van der Waals surface area contributed by atoms with E-state index in [0.717, 1.165) is 19.4 Å². The minimum atomic E-state index is -0.872. The number of fused-ring (bicyclic) bond motifs is 1. The van der Waals surface area contributed by atoms with E-state index in [1.54, 1.807) is 20.4 Å². The fourth-order valence-corrected chi connectivity index (χ4v) is 4.89. The highest BCUT2D eigenvalue weighted by Crippen LogP contribution is 2.41. The van der Waals surface area contributed by atoms with E-state index >= 15 is 0 Å². The summed E-state index contributed by atoms with van der Waals surface area (Å²) in [6, 6.07) is 1.71. The van der Waals surface area contributed by atoms with Crippen molar-refractivity contribution in [3.05, 3.63) is 12.3 Å². The Balaban J connectivity index is 1.64. The van der Waals surface area contributed by atoms with E-state index in [4.69, 9.17) is 14.7 Å². The lowest BCUT2D eigenvalue weighted by Gasteiger charge is -2.46. The van der Waals surface area contributed by atoms with Crippen LogP contribution in [0.15, 0.2) is 12.3 Å². The number of anilines is 2. The van der Waals surface area contributed by atoms with Crippen LogP contribution in [-0.2, 0) is 4.79 Å². The van der Waals surface area contributed by atoms with Crippen molar-refractivity contribution in [3.63, 3.8) is 0 Å². The number of nitrogens with zero attached hydrogens (tertiary/aromatic N) is 5. The molecular weight excluding hydrogens is 438 g/mol. The summed E-state index contributed by atoms with van der Waals surface area (Å²) in [6.07, 6.45) is 2.77. The van der Waals surface area contributed by atoms with Gasteiger partial charge in [-0.2, -0.15) is 4.98 Å². The van der Waals surface area contributed by atoms with Crippen LogP contribution in [0, 0.1) is 11.3 Å². The summed E-state index contributed by atoms with van der Waals surface area (Å²) in [5, 5.41) is 15.4. The van der Waals surface area contributed by atoms with Crippen molar-refractivity contribution in [2.75, 3.05) is 50.6 Å². The quantitative estimate of drug-likeness (QED) is 0.530. The molecule has 184 valence electrons. The number of hydrogen-bond acceptors (Lipinski definition) is 8. The zero-order chi connectivity index (χ0) is 24.5. The Bertz CT molecular complexity index is 1070. The lowest BCUT2D eigenvalue weighted by Crippen LogP contribution is -2.59. The van der Waals surface area contributed by atoms with E-state index in [-0.39, 0.29) is 17.4 Å². The number of carboxylic acid groups (broad SMARTS) is 1. The Morgan fingerprint density at radius 3 is 2.68 bits per heavy atom. The van der Waals surface area contributed by atoms with Crippen molar-refractivity contribution >= 4 is 34.8 Å². The Labute approximate surface area is 198 Å². The third-order valence-electron chi connectivity index (χ3n) is 6.59. The van der Waals surface area contributed by atoms with Crippen LogP contribution in [0.5, 0.6) is 5.75 Å². The van der Waals surface area contributed by atoms with E-state index in [9.17, 15) is 14.7 Å². The largest absolute Gasteiger partial charge is 0.495 e. The van der Waals surface area contributed by atoms with Gasteiger partial charge in [-0.15, -0.1) is 0 Å². The van der Waals surface area contributed by atoms with Crippen molar-refractivity contribution in [3.8, 4) is 5.75 Å². The molecule has 11 heteroatoms. The van der Waals surface area contributed by atoms with Crippen LogP contribution in [0.25, 0.3) is 11.0 Å². The van der Waals surface area contributed by atoms with Gasteiger partial charge in [-0.1, -0.05) is 13.8 Å². The summed E-state index contributed by atoms with van der Waals surface area (Å²) < 4.78 is 5.35. The molecule has 4 heterocycles. The Morgan fingerprint density at radius 1 is 1.26 bits per heavy atom. The van der Waals surface area contributed by atoms with Gasteiger partial charge < -0.3 is 30.3 Å². The van der Waals surface area contributed by atoms with Crippen molar-refractivity contribution in [2.24, 2.45) is 11.3 Å². The number of pyridine rings is 1. The molecule has 2 aromatic rings. The molecule has 2 aliphatic heterocycles. The van der Waals surface area contributed by atoms with Gasteiger partial charge in [0.05, 0.1) is 13.3 Å². The van der Waals surface area contributed by atoms with Gasteiger partial charge >= 0.3 is 6.09 Å². The molecule has 0 aliphatic carbocycles. The first-order valence-corrected chi connectivity index (χ1v) is 11.6. The van der Waals surface area contributed by atoms with Gasteiger partial charge in [0.15, 0.2) is 5.82 Å². The summed E-state index contributed by atoms with van der Waals surface area (Å²) in [6.45, 7) is 6.77. The average molecular weight is 472 g/mol. The molecular formula is C23H33N7O4. The number of carbonyl (C=O) groups excluding carboxylic acids is 1. The van der Waals surface area contributed by atoms with E-state index < -0.39 is 6.09 Å². The normalized spacial score (nSPS) is 17.7. The third kappa shape index (κ3) is 4.92. The highest BCUT2D eigenvalue weighted by atomic mass is 16.5. The summed E-state index contributed by atoms with van der Waals surface area (Å²) in [5.74, 6) is 2.09. The first kappa shape index (κ1) is 23.8. The average Bonchev–Trinajstić information content (AvgIpc) is 3.23. The first-order chi connectivity index (χ1) is 16.2. The predicted octanol–water partition coefficient (Wildman–Crippen LogP) is 2.19. The minimum absolute atomic E-state index is 0.0409. The maximum absolute atomic E-state index is 12.1. The van der Waals surface area contributed by atoms with Crippen LogP contribution >= 0.6 is 0 Å². The van der Waals surface area contributed by atoms with Gasteiger partial charge in [0.1, 0.15) is 16.8 Å². The van der Waals surface area contributed by atoms with Crippen LogP contribution in [0.3, 0.4) is 0 Å². The Kier molecular flexibility index (Phi) is 6.63. The highest BCUT2D eigenvalue weighted by molar-refractivity contribution is 5.87. The zero-order valence-corrected chi connectivity index (χ0v) is 20.2. The third-order valence-corrected chi connectivity index (χ3v) is 6.59. The summed E-state index contributed by atoms with van der Waals surface area (Å²) in [7, 11) is 3.22. The number of nitrogens with one attached hydrogen (secondary N) is 2. The maximum atomic E-state index is 12.1. The molecule has 2 saturated heterocycles. The molecule has 2 amide bonds. The van der Waals surface area contributed by atoms with Crippen LogP contribution < -0.4 is 20.3 Å². The number of rotatable bonds is 8. The molecule has 1 atom stereocenters. The van der Waals surface area contributed by atoms with Crippen LogP contribution in [-0.4, -0.2) is 83.3 Å². The molecule has 0 saturated carbocycles. The predicted molar refractivity (Wildman–Crippen MR) is 128 cm³/mol. The number of amides is 2. The lowest BCUT2D eigenvalue weighted by molar-refractivity contribution is -0.120. The molecule has 0 bridgehead atoms. The summed E-state index contributed by atoms with van der Waals surface area (Å²) in [5.41, 5.74) is 1.22. The van der Waals surface area contributed by atoms with E-state index in [1.807, 2.05) is 6.07 Å². The van der Waals surface area contributed by atoms with Gasteiger partial charge in [-0.3, -0.25) is 4.79 Å². The van der Waals surface area contributed by atoms with Gasteiger partial charge in [-0.25, -0.2) is 14.8 Å². The second-order valence-corrected chi connectivity index (χ2v) is 9.77. The standard InChI is InChI=1S/C23H33N7O4/c1-14(2)7-15(8-18(31)24-3)26-20-19-17(9-16(34-4)10-25-19)27-21(28-20)29-6-5-23(11-29)12-30(13-23)22(32)33/h9-10,14-15H,5-8,11-13H2,1-4H3,(H,24,31)(H,32,33)(H,26,27,28). The molecule has 2 aromatic heterocycles. The number of methoxy groups -OCH3 is 1. The Hall–Kier alpha value is -3.37. The number of likely N-dealkylation sites (tertiary alicyclic amines) is 1. The molecule has 1 unspecified atom stereocenters. The van der Waals surface area contributed by atoms with Crippen molar-refractivity contribution in [1.29, 1.82) is 0 Å². The van der Waals surface area contributed by atoms with Crippen molar-refractivity contribution in [1.82, 2.24) is 25.2 Å². The number of carbonyl (C=O) groups is 2. The molecule has 0 aromatic carbocycles. The van der Waals surface area contributed by atoms with Crippen molar-refractivity contribution in [2.45, 2.75) is 39.2 Å². The molecule has 34 heavy (non-hydrogen) atoms. The van der Waals surface area contributed by atoms with Gasteiger partial charge in [-0.05, 0) is 18.8 Å². The monoisotopic (exact) mass is 471 g/mol. The second kappa shape index (κ2) is 9.47. The molecule has 3 N–H and O–H groups in total. The number of hydrogen-bond donors (Lipinski definition) is 3. The topological polar surface area (TPSA) is 133 Å². The molecule has 2 fully saturated rings. The summed E-state index contributed by atoms with van der Waals surface area (Å²) >= 11 is 0. The molecule has 2 aliphatic rings. The van der Waals surface area contributed by atoms with E-state index in [2.05, 4.69) is 34.4 Å². The van der Waals surface area contributed by atoms with Gasteiger partial charge in [0, 0.05) is 57.2 Å². The van der Waals surface area contributed by atoms with Gasteiger partial charge in [0.25, 0.3) is 0 Å². The van der Waals surface area contributed by atoms with Gasteiger partial charge in [0.2, 0.25) is 11.9 Å². The SMILES string of the molecule is CNC(=O)CC(CC(C)C)Nc1nc(N2CCC3(CN(C(=O)O)C3)C2)nc2cc(OC)cnc12. The smallest absolute Gasteiger partial charge is 0.407 e. The fourth-order valence-electron chi connectivity index (χ4n) is 4.89. The lowest BCUT2D eigenvalue weighted by atomic mass is 9.79. The highest BCUT2D eigenvalue weighted by Gasteiger charge is 2.50. The fraction of sp³-hybridized carbons (Fsp3) is 0.609. The zero-order valence-electron chi connectivity index (χ0n) is 20.2. The minimum Gasteiger partial charge on any atom is -0.495 e. The second-order valence-electron chi connectivity index (χ2n) is 9.77. The van der Waals surface area contributed by atoms with Crippen molar-refractivity contribution < 1.29 is 19.4 Å². The number of ether oxygens (including phenoxy) is 1. The summed E-state index contributed by atoms with van der Waals surface area (Å²) in [4.78, 5) is 41.1. The molecule has 4 rings (SSSR count). The number of aromatic nitrogens is 3. The molecule has 1 spiro atoms. The maximum Gasteiger partial charge on any atom is 0.407 e. The van der Waals surface area contributed by atoms with E-state index in [0.29, 0.717) is 60.5 Å². The van der Waals surface area contributed by atoms with Crippen LogP contribution in [0.1, 0.15) is 33.1 Å². The van der Waals surface area contributed by atoms with Crippen LogP contribution in [0.4, 0.5) is 16.6 Å². The van der Waals surface area contributed by atoms with Crippen LogP contribution in [0.2, 0.25) is 0 Å².